The van der Waals surface area contributed by atoms with Gasteiger partial charge in [0.1, 0.15) is 5.75 Å². The lowest BCUT2D eigenvalue weighted by atomic mass is 9.71. The molecular weight excluding hydrogens is 276 g/mol. The summed E-state index contributed by atoms with van der Waals surface area (Å²) in [6.45, 7) is 0.800. The first-order chi connectivity index (χ1) is 10.3. The Bertz CT molecular complexity index is 552. The maximum absolute atomic E-state index is 5.96. The van der Waals surface area contributed by atoms with Gasteiger partial charge in [-0.2, -0.15) is 12.6 Å². The van der Waals surface area contributed by atoms with Gasteiger partial charge in [-0.15, -0.1) is 0 Å². The molecule has 2 heteroatoms. The Kier molecular flexibility index (Phi) is 4.54. The molecular formula is C19H22OS. The SMILES string of the molecule is SCC1(COc2ccc(Cc3ccccc3)cc2)CCC1. The van der Waals surface area contributed by atoms with Crippen molar-refractivity contribution in [2.24, 2.45) is 5.41 Å². The molecule has 1 aliphatic rings. The van der Waals surface area contributed by atoms with E-state index < -0.39 is 0 Å². The number of thiol groups is 1. The van der Waals surface area contributed by atoms with Gasteiger partial charge in [-0.25, -0.2) is 0 Å². The third-order valence-electron chi connectivity index (χ3n) is 4.47. The predicted molar refractivity (Wildman–Crippen MR) is 91.3 cm³/mol. The minimum absolute atomic E-state index is 0.325. The van der Waals surface area contributed by atoms with Crippen molar-refractivity contribution in [2.75, 3.05) is 12.4 Å². The van der Waals surface area contributed by atoms with Gasteiger partial charge in [-0.1, -0.05) is 48.9 Å². The van der Waals surface area contributed by atoms with Crippen molar-refractivity contribution in [1.29, 1.82) is 0 Å². The molecule has 1 aliphatic carbocycles. The summed E-state index contributed by atoms with van der Waals surface area (Å²) in [6, 6.07) is 19.1. The number of hydrogen-bond donors (Lipinski definition) is 1. The molecule has 0 N–H and O–H groups in total. The molecule has 0 spiro atoms. The molecule has 0 aromatic heterocycles. The van der Waals surface area contributed by atoms with Crippen LogP contribution in [-0.4, -0.2) is 12.4 Å². The second kappa shape index (κ2) is 6.57. The van der Waals surface area contributed by atoms with Crippen LogP contribution in [0, 0.1) is 5.41 Å². The summed E-state index contributed by atoms with van der Waals surface area (Å²) < 4.78 is 5.96. The first kappa shape index (κ1) is 14.5. The zero-order chi connectivity index (χ0) is 14.5. The van der Waals surface area contributed by atoms with Crippen LogP contribution in [0.2, 0.25) is 0 Å². The van der Waals surface area contributed by atoms with E-state index >= 15 is 0 Å². The van der Waals surface area contributed by atoms with Crippen molar-refractivity contribution in [3.63, 3.8) is 0 Å². The van der Waals surface area contributed by atoms with Crippen molar-refractivity contribution in [2.45, 2.75) is 25.7 Å². The van der Waals surface area contributed by atoms with E-state index in [4.69, 9.17) is 4.74 Å². The summed E-state index contributed by atoms with van der Waals surface area (Å²) in [5.41, 5.74) is 2.99. The lowest BCUT2D eigenvalue weighted by Crippen LogP contribution is -2.37. The van der Waals surface area contributed by atoms with Crippen LogP contribution >= 0.6 is 12.6 Å². The average Bonchev–Trinajstić information content (AvgIpc) is 2.49. The van der Waals surface area contributed by atoms with Crippen molar-refractivity contribution >= 4 is 12.6 Å². The van der Waals surface area contributed by atoms with Gasteiger partial charge in [-0.05, 0) is 48.3 Å². The maximum Gasteiger partial charge on any atom is 0.119 e. The molecule has 0 radical (unpaired) electrons. The zero-order valence-electron chi connectivity index (χ0n) is 12.3. The van der Waals surface area contributed by atoms with Crippen LogP contribution in [0.3, 0.4) is 0 Å². The van der Waals surface area contributed by atoms with E-state index in [0.717, 1.165) is 24.5 Å². The Morgan fingerprint density at radius 2 is 1.57 bits per heavy atom. The molecule has 0 saturated heterocycles. The van der Waals surface area contributed by atoms with Gasteiger partial charge in [0.05, 0.1) is 6.61 Å². The number of rotatable bonds is 6. The Hall–Kier alpha value is -1.41. The second-order valence-corrected chi connectivity index (χ2v) is 6.42. The highest BCUT2D eigenvalue weighted by molar-refractivity contribution is 7.80. The first-order valence-corrected chi connectivity index (χ1v) is 8.29. The topological polar surface area (TPSA) is 9.23 Å². The Morgan fingerprint density at radius 3 is 2.14 bits per heavy atom. The first-order valence-electron chi connectivity index (χ1n) is 7.66. The van der Waals surface area contributed by atoms with E-state index in [2.05, 4.69) is 67.2 Å². The highest BCUT2D eigenvalue weighted by Gasteiger charge is 2.36. The van der Waals surface area contributed by atoms with Crippen LogP contribution in [0.1, 0.15) is 30.4 Å². The fourth-order valence-corrected chi connectivity index (χ4v) is 3.20. The van der Waals surface area contributed by atoms with Gasteiger partial charge < -0.3 is 4.74 Å². The van der Waals surface area contributed by atoms with Crippen LogP contribution in [0.15, 0.2) is 54.6 Å². The lowest BCUT2D eigenvalue weighted by Gasteiger charge is -2.40. The Balaban J connectivity index is 1.57. The van der Waals surface area contributed by atoms with Gasteiger partial charge in [-0.3, -0.25) is 0 Å². The molecule has 2 aromatic carbocycles. The molecule has 1 saturated carbocycles. The number of ether oxygens (including phenoxy) is 1. The summed E-state index contributed by atoms with van der Waals surface area (Å²) >= 11 is 4.47. The highest BCUT2D eigenvalue weighted by Crippen LogP contribution is 2.42. The third kappa shape index (κ3) is 3.62. The fourth-order valence-electron chi connectivity index (χ4n) is 2.80. The predicted octanol–water partition coefficient (Wildman–Crippen LogP) is 4.76. The second-order valence-electron chi connectivity index (χ2n) is 6.11. The molecule has 1 fully saturated rings. The molecule has 110 valence electrons. The third-order valence-corrected chi connectivity index (χ3v) is 5.14. The van der Waals surface area contributed by atoms with E-state index in [1.54, 1.807) is 0 Å². The molecule has 2 aromatic rings. The van der Waals surface area contributed by atoms with Gasteiger partial charge >= 0.3 is 0 Å². The van der Waals surface area contributed by atoms with Gasteiger partial charge in [0.25, 0.3) is 0 Å². The molecule has 21 heavy (non-hydrogen) atoms. The Morgan fingerprint density at radius 1 is 0.905 bits per heavy atom. The molecule has 0 atom stereocenters. The summed E-state index contributed by atoms with van der Waals surface area (Å²) in [5.74, 6) is 1.90. The quantitative estimate of drug-likeness (QED) is 0.757. The number of hydrogen-bond acceptors (Lipinski definition) is 2. The van der Waals surface area contributed by atoms with Crippen LogP contribution in [0.5, 0.6) is 5.75 Å². The molecule has 0 bridgehead atoms. The van der Waals surface area contributed by atoms with E-state index in [1.165, 1.54) is 30.4 Å². The van der Waals surface area contributed by atoms with E-state index in [0.29, 0.717) is 5.41 Å². The maximum atomic E-state index is 5.96. The molecule has 0 unspecified atom stereocenters. The minimum Gasteiger partial charge on any atom is -0.493 e. The van der Waals surface area contributed by atoms with Gasteiger partial charge in [0.2, 0.25) is 0 Å². The zero-order valence-corrected chi connectivity index (χ0v) is 13.2. The van der Waals surface area contributed by atoms with E-state index in [-0.39, 0.29) is 0 Å². The van der Waals surface area contributed by atoms with Crippen LogP contribution in [0.4, 0.5) is 0 Å². The molecule has 1 nitrogen and oxygen atoms in total. The largest absolute Gasteiger partial charge is 0.493 e. The van der Waals surface area contributed by atoms with Gasteiger partial charge in [0.15, 0.2) is 0 Å². The smallest absolute Gasteiger partial charge is 0.119 e. The van der Waals surface area contributed by atoms with Crippen molar-refractivity contribution in [1.82, 2.24) is 0 Å². The van der Waals surface area contributed by atoms with E-state index in [9.17, 15) is 0 Å². The van der Waals surface area contributed by atoms with Gasteiger partial charge in [0, 0.05) is 5.41 Å². The molecule has 0 heterocycles. The molecule has 0 aliphatic heterocycles. The summed E-state index contributed by atoms with van der Waals surface area (Å²) in [4.78, 5) is 0. The minimum atomic E-state index is 0.325. The summed E-state index contributed by atoms with van der Waals surface area (Å²) in [7, 11) is 0. The van der Waals surface area contributed by atoms with E-state index in [1.807, 2.05) is 0 Å². The van der Waals surface area contributed by atoms with Crippen LogP contribution in [0.25, 0.3) is 0 Å². The van der Waals surface area contributed by atoms with Crippen molar-refractivity contribution < 1.29 is 4.74 Å². The average molecular weight is 298 g/mol. The van der Waals surface area contributed by atoms with Crippen molar-refractivity contribution in [3.05, 3.63) is 65.7 Å². The normalized spacial score (nSPS) is 16.2. The molecule has 3 rings (SSSR count). The van der Waals surface area contributed by atoms with Crippen LogP contribution < -0.4 is 4.74 Å². The molecule has 0 amide bonds. The summed E-state index contributed by atoms with van der Waals surface area (Å²) in [6.07, 6.45) is 4.80. The lowest BCUT2D eigenvalue weighted by molar-refractivity contribution is 0.0829. The summed E-state index contributed by atoms with van der Waals surface area (Å²) in [5, 5.41) is 0. The Labute approximate surface area is 132 Å². The highest BCUT2D eigenvalue weighted by atomic mass is 32.1. The number of benzene rings is 2. The van der Waals surface area contributed by atoms with Crippen molar-refractivity contribution in [3.8, 4) is 5.75 Å². The van der Waals surface area contributed by atoms with Crippen LogP contribution in [-0.2, 0) is 6.42 Å². The monoisotopic (exact) mass is 298 g/mol. The fraction of sp³-hybridized carbons (Fsp3) is 0.368. The standard InChI is InChI=1S/C19H22OS/c21-15-19(11-4-12-19)14-20-18-9-7-17(8-10-18)13-16-5-2-1-3-6-16/h1-3,5-10,21H,4,11-15H2.